The monoisotopic (exact) mass is 256 g/mol. The van der Waals surface area contributed by atoms with Crippen LogP contribution in [0.4, 0.5) is 4.79 Å². The second-order valence-corrected chi connectivity index (χ2v) is 3.36. The van der Waals surface area contributed by atoms with Gasteiger partial charge in [0.1, 0.15) is 0 Å². The number of aromatic hydroxyl groups is 2. The lowest BCUT2D eigenvalue weighted by Crippen LogP contribution is -2.35. The summed E-state index contributed by atoms with van der Waals surface area (Å²) in [4.78, 5) is 42.2. The van der Waals surface area contributed by atoms with E-state index in [0.717, 1.165) is 12.1 Å². The molecule has 1 aliphatic heterocycles. The molecule has 2 rings (SSSR count). The van der Waals surface area contributed by atoms with Crippen LogP contribution in [0.5, 0.6) is 11.8 Å². The van der Waals surface area contributed by atoms with Crippen LogP contribution in [0, 0.1) is 0 Å². The summed E-state index contributed by atoms with van der Waals surface area (Å²) in [6.07, 6.45) is -1.54. The Morgan fingerprint density at radius 3 is 2.06 bits per heavy atom. The molecule has 0 bridgehead atoms. The SMILES string of the molecule is O=C(ON1C(=O)CCC1=O)On1c(O)ccc1O. The van der Waals surface area contributed by atoms with Crippen LogP contribution in [0.15, 0.2) is 12.1 Å². The number of nitrogens with zero attached hydrogens (tertiary/aromatic N) is 2. The number of carbonyl (C=O) groups is 3. The minimum absolute atomic E-state index is 0.0495. The van der Waals surface area contributed by atoms with Crippen LogP contribution in [-0.4, -0.2) is 38.0 Å². The Hall–Kier alpha value is -2.71. The molecular weight excluding hydrogens is 248 g/mol. The first-order valence-electron chi connectivity index (χ1n) is 4.85. The van der Waals surface area contributed by atoms with Gasteiger partial charge in [-0.1, -0.05) is 5.06 Å². The normalized spacial score (nSPS) is 15.0. The van der Waals surface area contributed by atoms with Gasteiger partial charge in [0, 0.05) is 25.0 Å². The maximum Gasteiger partial charge on any atom is 0.560 e. The number of hydrogen-bond donors (Lipinski definition) is 2. The molecule has 1 saturated heterocycles. The summed E-state index contributed by atoms with van der Waals surface area (Å²) in [5.41, 5.74) is 0. The van der Waals surface area contributed by atoms with E-state index in [1.165, 1.54) is 0 Å². The van der Waals surface area contributed by atoms with Crippen LogP contribution < -0.4 is 4.84 Å². The number of amides is 2. The number of aromatic nitrogens is 1. The second kappa shape index (κ2) is 4.28. The number of imide groups is 1. The summed E-state index contributed by atoms with van der Waals surface area (Å²) in [5.74, 6) is -2.44. The highest BCUT2D eigenvalue weighted by Crippen LogP contribution is 2.19. The van der Waals surface area contributed by atoms with Crippen molar-refractivity contribution in [3.8, 4) is 11.8 Å². The van der Waals surface area contributed by atoms with Crippen molar-refractivity contribution >= 4 is 18.0 Å². The summed E-state index contributed by atoms with van der Waals surface area (Å²) >= 11 is 0. The first-order valence-corrected chi connectivity index (χ1v) is 4.85. The molecule has 96 valence electrons. The molecule has 1 aromatic heterocycles. The lowest BCUT2D eigenvalue weighted by Gasteiger charge is -2.12. The van der Waals surface area contributed by atoms with Gasteiger partial charge in [-0.3, -0.25) is 19.3 Å². The van der Waals surface area contributed by atoms with E-state index >= 15 is 0 Å². The zero-order valence-corrected chi connectivity index (χ0v) is 8.90. The van der Waals surface area contributed by atoms with Crippen LogP contribution in [-0.2, 0) is 14.4 Å². The Bertz CT molecular complexity index is 485. The third kappa shape index (κ3) is 2.05. The lowest BCUT2D eigenvalue weighted by molar-refractivity contribution is -0.177. The molecule has 9 nitrogen and oxygen atoms in total. The molecule has 18 heavy (non-hydrogen) atoms. The van der Waals surface area contributed by atoms with Gasteiger partial charge in [-0.05, 0) is 0 Å². The molecule has 2 amide bonds. The minimum atomic E-state index is -1.44. The molecule has 0 radical (unpaired) electrons. The molecule has 0 unspecified atom stereocenters. The first-order chi connectivity index (χ1) is 8.49. The van der Waals surface area contributed by atoms with Gasteiger partial charge in [0.05, 0.1) is 0 Å². The average Bonchev–Trinajstić information content (AvgIpc) is 2.79. The minimum Gasteiger partial charge on any atom is -0.492 e. The molecule has 9 heteroatoms. The summed E-state index contributed by atoms with van der Waals surface area (Å²) < 4.78 is 0.368. The van der Waals surface area contributed by atoms with Crippen molar-refractivity contribution in [2.75, 3.05) is 0 Å². The van der Waals surface area contributed by atoms with E-state index in [4.69, 9.17) is 10.2 Å². The van der Waals surface area contributed by atoms with E-state index in [1.807, 2.05) is 0 Å². The van der Waals surface area contributed by atoms with Crippen molar-refractivity contribution in [3.05, 3.63) is 12.1 Å². The predicted molar refractivity (Wildman–Crippen MR) is 51.9 cm³/mol. The second-order valence-electron chi connectivity index (χ2n) is 3.36. The largest absolute Gasteiger partial charge is 0.560 e. The molecule has 0 aliphatic carbocycles. The van der Waals surface area contributed by atoms with E-state index in [1.54, 1.807) is 0 Å². The van der Waals surface area contributed by atoms with Crippen molar-refractivity contribution in [1.82, 2.24) is 9.79 Å². The fraction of sp³-hybridized carbons (Fsp3) is 0.222. The summed E-state index contributed by atoms with van der Waals surface area (Å²) in [7, 11) is 0. The molecule has 0 spiro atoms. The maximum absolute atomic E-state index is 11.2. The highest BCUT2D eigenvalue weighted by atomic mass is 16.9. The van der Waals surface area contributed by atoms with Crippen LogP contribution in [0.1, 0.15) is 12.8 Å². The predicted octanol–water partition coefficient (Wildman–Crippen LogP) is -0.472. The Morgan fingerprint density at radius 1 is 1.06 bits per heavy atom. The molecule has 0 saturated carbocycles. The number of carbonyl (C=O) groups excluding carboxylic acids is 3. The van der Waals surface area contributed by atoms with Crippen LogP contribution >= 0.6 is 0 Å². The van der Waals surface area contributed by atoms with Gasteiger partial charge in [0.15, 0.2) is 0 Å². The zero-order chi connectivity index (χ0) is 13.3. The first kappa shape index (κ1) is 11.8. The number of hydroxylamine groups is 2. The highest BCUT2D eigenvalue weighted by molar-refractivity contribution is 6.01. The van der Waals surface area contributed by atoms with Crippen LogP contribution in [0.3, 0.4) is 0 Å². The molecular formula is C9H8N2O7. The summed E-state index contributed by atoms with van der Waals surface area (Å²) in [6.45, 7) is 0. The molecule has 2 heterocycles. The van der Waals surface area contributed by atoms with Crippen molar-refractivity contribution in [1.29, 1.82) is 0 Å². The molecule has 2 N–H and O–H groups in total. The fourth-order valence-electron chi connectivity index (χ4n) is 1.32. The Kier molecular flexibility index (Phi) is 2.80. The lowest BCUT2D eigenvalue weighted by atomic mass is 10.4. The Labute approximate surface area is 99.6 Å². The smallest absolute Gasteiger partial charge is 0.492 e. The third-order valence-corrected chi connectivity index (χ3v) is 2.14. The van der Waals surface area contributed by atoms with Crippen LogP contribution in [0.2, 0.25) is 0 Å². The Balaban J connectivity index is 2.01. The van der Waals surface area contributed by atoms with Gasteiger partial charge in [-0.2, -0.15) is 4.79 Å². The van der Waals surface area contributed by atoms with Gasteiger partial charge in [-0.25, -0.2) is 0 Å². The maximum atomic E-state index is 11.2. The Morgan fingerprint density at radius 2 is 1.56 bits per heavy atom. The van der Waals surface area contributed by atoms with Gasteiger partial charge in [-0.15, -0.1) is 4.73 Å². The quantitative estimate of drug-likeness (QED) is 0.686. The zero-order valence-electron chi connectivity index (χ0n) is 8.90. The molecule has 0 atom stereocenters. The number of rotatable bonds is 2. The van der Waals surface area contributed by atoms with E-state index < -0.39 is 29.7 Å². The summed E-state index contributed by atoms with van der Waals surface area (Å²) in [5, 5.41) is 18.6. The van der Waals surface area contributed by atoms with Crippen molar-refractivity contribution in [3.63, 3.8) is 0 Å². The van der Waals surface area contributed by atoms with Gasteiger partial charge in [0.2, 0.25) is 11.8 Å². The van der Waals surface area contributed by atoms with Crippen LogP contribution in [0.25, 0.3) is 0 Å². The fourth-order valence-corrected chi connectivity index (χ4v) is 1.32. The van der Waals surface area contributed by atoms with Crippen molar-refractivity contribution in [2.24, 2.45) is 0 Å². The highest BCUT2D eigenvalue weighted by Gasteiger charge is 2.34. The molecule has 1 fully saturated rings. The van der Waals surface area contributed by atoms with Gasteiger partial charge in [0.25, 0.3) is 11.8 Å². The van der Waals surface area contributed by atoms with Crippen molar-refractivity contribution < 1.29 is 34.3 Å². The van der Waals surface area contributed by atoms with E-state index in [-0.39, 0.29) is 17.9 Å². The average molecular weight is 256 g/mol. The van der Waals surface area contributed by atoms with Gasteiger partial charge < -0.3 is 10.2 Å². The molecule has 1 aliphatic rings. The number of hydrogen-bond acceptors (Lipinski definition) is 7. The topological polar surface area (TPSA) is 118 Å². The van der Waals surface area contributed by atoms with Gasteiger partial charge >= 0.3 is 6.16 Å². The van der Waals surface area contributed by atoms with E-state index in [9.17, 15) is 14.4 Å². The standard InChI is InChI=1S/C9H8N2O7/c12-5-1-2-6(13)10(5)17-9(16)18-11-7(14)3-4-8(11)15/h1-2,12-13H,3-4H2. The van der Waals surface area contributed by atoms with E-state index in [2.05, 4.69) is 9.68 Å². The molecule has 0 aromatic carbocycles. The molecule has 1 aromatic rings. The summed E-state index contributed by atoms with van der Waals surface area (Å²) in [6, 6.07) is 2.13. The van der Waals surface area contributed by atoms with Crippen molar-refractivity contribution in [2.45, 2.75) is 12.8 Å². The van der Waals surface area contributed by atoms with E-state index in [0.29, 0.717) is 4.73 Å². The third-order valence-electron chi connectivity index (χ3n) is 2.14.